The fourth-order valence-electron chi connectivity index (χ4n) is 1.79. The Bertz CT molecular complexity index is 622. The number of carbonyl (C=O) groups is 1. The topological polar surface area (TPSA) is 66.3 Å². The van der Waals surface area contributed by atoms with Crippen LogP contribution in [-0.2, 0) is 6.42 Å². The molecule has 0 atom stereocenters. The van der Waals surface area contributed by atoms with Gasteiger partial charge in [-0.3, -0.25) is 0 Å². The van der Waals surface area contributed by atoms with Crippen molar-refractivity contribution in [2.45, 2.75) is 13.3 Å². The van der Waals surface area contributed by atoms with Crippen molar-refractivity contribution in [2.75, 3.05) is 19.0 Å². The molecule has 2 aromatic rings. The van der Waals surface area contributed by atoms with Crippen LogP contribution in [0.5, 0.6) is 0 Å². The van der Waals surface area contributed by atoms with Crippen LogP contribution >= 0.6 is 0 Å². The molecule has 0 aliphatic carbocycles. The van der Waals surface area contributed by atoms with E-state index >= 15 is 0 Å². The average Bonchev–Trinajstić information content (AvgIpc) is 2.46. The first kappa shape index (κ1) is 14.0. The zero-order valence-electron chi connectivity index (χ0n) is 11.8. The van der Waals surface area contributed by atoms with Gasteiger partial charge >= 0.3 is 5.97 Å². The minimum Gasteiger partial charge on any atom is -0.477 e. The number of hydrogen-bond donors (Lipinski definition) is 1. The van der Waals surface area contributed by atoms with Crippen LogP contribution < -0.4 is 4.90 Å². The van der Waals surface area contributed by atoms with E-state index in [4.69, 9.17) is 5.11 Å². The van der Waals surface area contributed by atoms with Gasteiger partial charge in [-0.1, -0.05) is 31.2 Å². The maximum Gasteiger partial charge on any atom is 0.354 e. The standard InChI is InChI=1S/C15H17N3O2/c1-4-10-5-7-11(8-6-10)14-16-12(15(19)20)9-13(17-14)18(2)3/h5-9H,4H2,1-3H3,(H,19,20). The van der Waals surface area contributed by atoms with Crippen molar-refractivity contribution < 1.29 is 9.90 Å². The van der Waals surface area contributed by atoms with Gasteiger partial charge in [-0.25, -0.2) is 14.8 Å². The number of carboxylic acids is 1. The van der Waals surface area contributed by atoms with E-state index in [0.29, 0.717) is 11.6 Å². The van der Waals surface area contributed by atoms with Gasteiger partial charge in [0.1, 0.15) is 5.82 Å². The lowest BCUT2D eigenvalue weighted by molar-refractivity contribution is 0.0690. The Hall–Kier alpha value is -2.43. The van der Waals surface area contributed by atoms with E-state index in [9.17, 15) is 4.79 Å². The molecule has 0 fully saturated rings. The van der Waals surface area contributed by atoms with Crippen LogP contribution in [0.1, 0.15) is 23.0 Å². The number of rotatable bonds is 4. The number of aromatic carboxylic acids is 1. The first-order valence-electron chi connectivity index (χ1n) is 6.40. The van der Waals surface area contributed by atoms with Crippen LogP contribution in [0.15, 0.2) is 30.3 Å². The van der Waals surface area contributed by atoms with Gasteiger partial charge in [0, 0.05) is 25.7 Å². The molecule has 0 spiro atoms. The van der Waals surface area contributed by atoms with Crippen molar-refractivity contribution in [2.24, 2.45) is 0 Å². The molecular weight excluding hydrogens is 254 g/mol. The number of aromatic nitrogens is 2. The molecule has 2 rings (SSSR count). The van der Waals surface area contributed by atoms with Gasteiger partial charge in [0.25, 0.3) is 0 Å². The van der Waals surface area contributed by atoms with Gasteiger partial charge in [0.15, 0.2) is 11.5 Å². The van der Waals surface area contributed by atoms with Gasteiger partial charge in [-0.2, -0.15) is 0 Å². The Morgan fingerprint density at radius 1 is 1.20 bits per heavy atom. The summed E-state index contributed by atoms with van der Waals surface area (Å²) < 4.78 is 0. The van der Waals surface area contributed by atoms with Gasteiger partial charge in [-0.05, 0) is 12.0 Å². The first-order valence-corrected chi connectivity index (χ1v) is 6.40. The number of nitrogens with zero attached hydrogens (tertiary/aromatic N) is 3. The predicted octanol–water partition coefficient (Wildman–Crippen LogP) is 2.47. The number of carboxylic acid groups (broad SMARTS) is 1. The molecule has 0 bridgehead atoms. The highest BCUT2D eigenvalue weighted by atomic mass is 16.4. The van der Waals surface area contributed by atoms with Crippen molar-refractivity contribution in [1.82, 2.24) is 9.97 Å². The molecule has 0 saturated carbocycles. The zero-order chi connectivity index (χ0) is 14.7. The molecule has 1 aromatic heterocycles. The Labute approximate surface area is 117 Å². The monoisotopic (exact) mass is 271 g/mol. The largest absolute Gasteiger partial charge is 0.477 e. The van der Waals surface area contributed by atoms with Crippen LogP contribution in [0.25, 0.3) is 11.4 Å². The van der Waals surface area contributed by atoms with E-state index < -0.39 is 5.97 Å². The molecule has 1 N–H and O–H groups in total. The number of hydrogen-bond acceptors (Lipinski definition) is 4. The van der Waals surface area contributed by atoms with E-state index in [1.165, 1.54) is 11.6 Å². The smallest absolute Gasteiger partial charge is 0.354 e. The van der Waals surface area contributed by atoms with E-state index in [2.05, 4.69) is 16.9 Å². The average molecular weight is 271 g/mol. The van der Waals surface area contributed by atoms with E-state index in [-0.39, 0.29) is 5.69 Å². The Kier molecular flexibility index (Phi) is 3.98. The maximum atomic E-state index is 11.2. The summed E-state index contributed by atoms with van der Waals surface area (Å²) in [5.41, 5.74) is 2.03. The van der Waals surface area contributed by atoms with Gasteiger partial charge in [0.05, 0.1) is 0 Å². The molecule has 20 heavy (non-hydrogen) atoms. The second kappa shape index (κ2) is 5.69. The maximum absolute atomic E-state index is 11.2. The SMILES string of the molecule is CCc1ccc(-c2nc(C(=O)O)cc(N(C)C)n2)cc1. The summed E-state index contributed by atoms with van der Waals surface area (Å²) in [6.07, 6.45) is 0.958. The highest BCUT2D eigenvalue weighted by Gasteiger charge is 2.12. The zero-order valence-corrected chi connectivity index (χ0v) is 11.8. The quantitative estimate of drug-likeness (QED) is 0.925. The minimum absolute atomic E-state index is 0.00160. The highest BCUT2D eigenvalue weighted by molar-refractivity contribution is 5.87. The summed E-state index contributed by atoms with van der Waals surface area (Å²) in [6, 6.07) is 9.30. The Morgan fingerprint density at radius 2 is 1.85 bits per heavy atom. The molecule has 0 amide bonds. The van der Waals surface area contributed by atoms with E-state index in [1.807, 2.05) is 38.4 Å². The molecule has 1 heterocycles. The summed E-state index contributed by atoms with van der Waals surface area (Å²) in [4.78, 5) is 21.4. The summed E-state index contributed by atoms with van der Waals surface area (Å²) in [6.45, 7) is 2.08. The third kappa shape index (κ3) is 2.93. The molecule has 1 aromatic carbocycles. The summed E-state index contributed by atoms with van der Waals surface area (Å²) in [5.74, 6) is -0.0508. The predicted molar refractivity (Wildman–Crippen MR) is 78.1 cm³/mol. The number of benzene rings is 1. The lowest BCUT2D eigenvalue weighted by Crippen LogP contribution is -2.14. The van der Waals surface area contributed by atoms with Crippen LogP contribution in [-0.4, -0.2) is 35.1 Å². The molecule has 5 nitrogen and oxygen atoms in total. The second-order valence-corrected chi connectivity index (χ2v) is 4.69. The molecule has 0 aliphatic heterocycles. The third-order valence-electron chi connectivity index (χ3n) is 3.01. The molecule has 0 saturated heterocycles. The molecule has 0 aliphatic rings. The molecule has 5 heteroatoms. The summed E-state index contributed by atoms with van der Waals surface area (Å²) >= 11 is 0. The van der Waals surface area contributed by atoms with Gasteiger partial charge in [-0.15, -0.1) is 0 Å². The Morgan fingerprint density at radius 3 is 2.35 bits per heavy atom. The van der Waals surface area contributed by atoms with Crippen LogP contribution in [0.3, 0.4) is 0 Å². The fourth-order valence-corrected chi connectivity index (χ4v) is 1.79. The molecule has 104 valence electrons. The van der Waals surface area contributed by atoms with Crippen molar-refractivity contribution >= 4 is 11.8 Å². The van der Waals surface area contributed by atoms with Crippen LogP contribution in [0.4, 0.5) is 5.82 Å². The third-order valence-corrected chi connectivity index (χ3v) is 3.01. The van der Waals surface area contributed by atoms with E-state index in [1.54, 1.807) is 4.90 Å². The fraction of sp³-hybridized carbons (Fsp3) is 0.267. The number of aryl methyl sites for hydroxylation is 1. The summed E-state index contributed by atoms with van der Waals surface area (Å²) in [5, 5.41) is 9.14. The lowest BCUT2D eigenvalue weighted by Gasteiger charge is -2.13. The van der Waals surface area contributed by atoms with Crippen molar-refractivity contribution in [3.63, 3.8) is 0 Å². The van der Waals surface area contributed by atoms with Crippen molar-refractivity contribution in [1.29, 1.82) is 0 Å². The summed E-state index contributed by atoms with van der Waals surface area (Å²) in [7, 11) is 3.63. The lowest BCUT2D eigenvalue weighted by atomic mass is 10.1. The highest BCUT2D eigenvalue weighted by Crippen LogP contribution is 2.20. The molecule has 0 unspecified atom stereocenters. The normalized spacial score (nSPS) is 10.3. The minimum atomic E-state index is -1.05. The number of anilines is 1. The van der Waals surface area contributed by atoms with Crippen molar-refractivity contribution in [3.05, 3.63) is 41.6 Å². The van der Waals surface area contributed by atoms with Crippen molar-refractivity contribution in [3.8, 4) is 11.4 Å². The van der Waals surface area contributed by atoms with Crippen LogP contribution in [0.2, 0.25) is 0 Å². The van der Waals surface area contributed by atoms with E-state index in [0.717, 1.165) is 12.0 Å². The molecule has 0 radical (unpaired) electrons. The second-order valence-electron chi connectivity index (χ2n) is 4.69. The Balaban J connectivity index is 2.51. The van der Waals surface area contributed by atoms with Gasteiger partial charge in [0.2, 0.25) is 0 Å². The van der Waals surface area contributed by atoms with Crippen LogP contribution in [0, 0.1) is 0 Å². The molecular formula is C15H17N3O2. The first-order chi connectivity index (χ1) is 9.51. The van der Waals surface area contributed by atoms with Gasteiger partial charge < -0.3 is 10.0 Å².